The molecule has 0 bridgehead atoms. The zero-order chi connectivity index (χ0) is 14.5. The second-order valence-corrected chi connectivity index (χ2v) is 5.30. The van der Waals surface area contributed by atoms with E-state index >= 15 is 0 Å². The summed E-state index contributed by atoms with van der Waals surface area (Å²) in [5, 5.41) is 4.31. The summed E-state index contributed by atoms with van der Waals surface area (Å²) < 4.78 is 7.25. The van der Waals surface area contributed by atoms with E-state index in [1.165, 1.54) is 0 Å². The molecular formula is C15H23N3O2. The Hall–Kier alpha value is -1.62. The molecule has 1 aliphatic heterocycles. The van der Waals surface area contributed by atoms with Gasteiger partial charge in [-0.15, -0.1) is 6.58 Å². The average Bonchev–Trinajstić information content (AvgIpc) is 2.88. The van der Waals surface area contributed by atoms with E-state index in [2.05, 4.69) is 25.5 Å². The number of nitrogens with zero attached hydrogens (tertiary/aromatic N) is 3. The first-order chi connectivity index (χ1) is 9.65. The van der Waals surface area contributed by atoms with Gasteiger partial charge in [0.25, 0.3) is 0 Å². The molecule has 2 heterocycles. The number of fused-ring (bicyclic) bond motifs is 1. The maximum atomic E-state index is 12.4. The number of carbonyl (C=O) groups excluding carboxylic acids is 1. The number of amides is 1. The molecule has 5 nitrogen and oxygen atoms in total. The Morgan fingerprint density at radius 1 is 1.55 bits per heavy atom. The fourth-order valence-electron chi connectivity index (χ4n) is 2.75. The molecule has 0 aromatic carbocycles. The van der Waals surface area contributed by atoms with Gasteiger partial charge >= 0.3 is 0 Å². The van der Waals surface area contributed by atoms with Crippen LogP contribution in [0, 0.1) is 0 Å². The van der Waals surface area contributed by atoms with Crippen molar-refractivity contribution in [2.75, 3.05) is 18.1 Å². The van der Waals surface area contributed by atoms with Gasteiger partial charge in [-0.2, -0.15) is 5.10 Å². The lowest BCUT2D eigenvalue weighted by molar-refractivity contribution is -0.119. The van der Waals surface area contributed by atoms with Crippen LogP contribution in [0.25, 0.3) is 0 Å². The number of hydrogen-bond donors (Lipinski definition) is 0. The number of ether oxygens (including phenoxy) is 1. The minimum Gasteiger partial charge on any atom is -0.377 e. The summed E-state index contributed by atoms with van der Waals surface area (Å²) in [6.07, 6.45) is 5.65. The summed E-state index contributed by atoms with van der Waals surface area (Å²) in [6.45, 7) is 8.96. The Balaban J connectivity index is 1.96. The standard InChI is InChI=1S/C15H23N3O2/c1-4-9-20-10-5-6-15(19)17-12(2)11-13(3)18-14(17)7-8-16-18/h4,7-8,12-13H,1,5-6,9-11H2,2-3H3/t12-,13-/m1/s1. The molecule has 2 atom stereocenters. The lowest BCUT2D eigenvalue weighted by atomic mass is 10.0. The highest BCUT2D eigenvalue weighted by molar-refractivity contribution is 5.93. The normalized spacial score (nSPS) is 21.6. The van der Waals surface area contributed by atoms with Crippen LogP contribution in [0.4, 0.5) is 5.82 Å². The third-order valence-electron chi connectivity index (χ3n) is 3.62. The van der Waals surface area contributed by atoms with Gasteiger partial charge in [0.15, 0.2) is 0 Å². The van der Waals surface area contributed by atoms with Crippen molar-refractivity contribution in [2.24, 2.45) is 0 Å². The van der Waals surface area contributed by atoms with E-state index in [0.29, 0.717) is 25.7 Å². The molecule has 2 rings (SSSR count). The predicted octanol–water partition coefficient (Wildman–Crippen LogP) is 2.55. The maximum absolute atomic E-state index is 12.4. The van der Waals surface area contributed by atoms with Crippen LogP contribution in [0.3, 0.4) is 0 Å². The van der Waals surface area contributed by atoms with Crippen molar-refractivity contribution in [1.82, 2.24) is 9.78 Å². The van der Waals surface area contributed by atoms with Crippen LogP contribution in [-0.2, 0) is 9.53 Å². The van der Waals surface area contributed by atoms with Gasteiger partial charge in [-0.3, -0.25) is 9.69 Å². The van der Waals surface area contributed by atoms with Crippen molar-refractivity contribution in [3.8, 4) is 0 Å². The summed E-state index contributed by atoms with van der Waals surface area (Å²) in [6, 6.07) is 2.48. The van der Waals surface area contributed by atoms with Gasteiger partial charge < -0.3 is 4.74 Å². The quantitative estimate of drug-likeness (QED) is 0.593. The van der Waals surface area contributed by atoms with Crippen molar-refractivity contribution in [3.63, 3.8) is 0 Å². The van der Waals surface area contributed by atoms with Crippen LogP contribution in [0.5, 0.6) is 0 Å². The molecule has 0 spiro atoms. The Kier molecular flexibility index (Phi) is 4.95. The monoisotopic (exact) mass is 277 g/mol. The van der Waals surface area contributed by atoms with Crippen LogP contribution < -0.4 is 4.90 Å². The van der Waals surface area contributed by atoms with Crippen molar-refractivity contribution in [1.29, 1.82) is 0 Å². The fraction of sp³-hybridized carbons (Fsp3) is 0.600. The Labute approximate surface area is 120 Å². The van der Waals surface area contributed by atoms with Gasteiger partial charge in [-0.25, -0.2) is 4.68 Å². The molecule has 0 saturated carbocycles. The third kappa shape index (κ3) is 3.10. The fourth-order valence-corrected chi connectivity index (χ4v) is 2.75. The number of aromatic nitrogens is 2. The average molecular weight is 277 g/mol. The summed E-state index contributed by atoms with van der Waals surface area (Å²) >= 11 is 0. The van der Waals surface area contributed by atoms with E-state index in [9.17, 15) is 4.79 Å². The molecule has 0 unspecified atom stereocenters. The van der Waals surface area contributed by atoms with Crippen molar-refractivity contribution in [3.05, 3.63) is 24.9 Å². The third-order valence-corrected chi connectivity index (χ3v) is 3.62. The zero-order valence-electron chi connectivity index (χ0n) is 12.3. The van der Waals surface area contributed by atoms with Gasteiger partial charge in [-0.05, 0) is 26.7 Å². The molecule has 20 heavy (non-hydrogen) atoms. The SMILES string of the molecule is C=CCOCCCC(=O)N1c2ccnn2[C@H](C)C[C@H]1C. The first-order valence-electron chi connectivity index (χ1n) is 7.19. The number of carbonyl (C=O) groups is 1. The minimum absolute atomic E-state index is 0.147. The summed E-state index contributed by atoms with van der Waals surface area (Å²) in [5.74, 6) is 1.06. The molecule has 1 aromatic rings. The topological polar surface area (TPSA) is 47.4 Å². The van der Waals surface area contributed by atoms with Gasteiger partial charge in [0, 0.05) is 25.1 Å². The Bertz CT molecular complexity index is 469. The number of rotatable bonds is 6. The molecule has 0 aliphatic carbocycles. The molecule has 0 radical (unpaired) electrons. The smallest absolute Gasteiger partial charge is 0.228 e. The second kappa shape index (κ2) is 6.70. The van der Waals surface area contributed by atoms with E-state index in [1.807, 2.05) is 15.6 Å². The summed E-state index contributed by atoms with van der Waals surface area (Å²) in [7, 11) is 0. The van der Waals surface area contributed by atoms with E-state index in [1.54, 1.807) is 12.3 Å². The Morgan fingerprint density at radius 3 is 3.10 bits per heavy atom. The maximum Gasteiger partial charge on any atom is 0.228 e. The van der Waals surface area contributed by atoms with Crippen LogP contribution in [0.2, 0.25) is 0 Å². The largest absolute Gasteiger partial charge is 0.377 e. The van der Waals surface area contributed by atoms with Gasteiger partial charge in [0.1, 0.15) is 5.82 Å². The van der Waals surface area contributed by atoms with Crippen LogP contribution in [-0.4, -0.2) is 34.9 Å². The number of hydrogen-bond acceptors (Lipinski definition) is 3. The highest BCUT2D eigenvalue weighted by Gasteiger charge is 2.31. The molecule has 110 valence electrons. The molecule has 0 saturated heterocycles. The van der Waals surface area contributed by atoms with E-state index in [-0.39, 0.29) is 11.9 Å². The van der Waals surface area contributed by atoms with E-state index in [4.69, 9.17) is 4.74 Å². The van der Waals surface area contributed by atoms with Gasteiger partial charge in [-0.1, -0.05) is 6.08 Å². The van der Waals surface area contributed by atoms with Crippen molar-refractivity contribution in [2.45, 2.75) is 45.2 Å². The molecular weight excluding hydrogens is 254 g/mol. The van der Waals surface area contributed by atoms with Crippen LogP contribution >= 0.6 is 0 Å². The first-order valence-corrected chi connectivity index (χ1v) is 7.19. The molecule has 0 fully saturated rings. The van der Waals surface area contributed by atoms with Crippen molar-refractivity contribution >= 4 is 11.7 Å². The number of anilines is 1. The van der Waals surface area contributed by atoms with Crippen LogP contribution in [0.15, 0.2) is 24.9 Å². The highest BCUT2D eigenvalue weighted by atomic mass is 16.5. The van der Waals surface area contributed by atoms with E-state index < -0.39 is 0 Å². The Morgan fingerprint density at radius 2 is 2.35 bits per heavy atom. The minimum atomic E-state index is 0.147. The second-order valence-electron chi connectivity index (χ2n) is 5.30. The van der Waals surface area contributed by atoms with Crippen LogP contribution in [0.1, 0.15) is 39.2 Å². The molecule has 1 aliphatic rings. The van der Waals surface area contributed by atoms with Gasteiger partial charge in [0.05, 0.1) is 18.8 Å². The highest BCUT2D eigenvalue weighted by Crippen LogP contribution is 2.31. The lowest BCUT2D eigenvalue weighted by Crippen LogP contribution is -2.44. The van der Waals surface area contributed by atoms with Crippen molar-refractivity contribution < 1.29 is 9.53 Å². The molecule has 1 aromatic heterocycles. The van der Waals surface area contributed by atoms with Gasteiger partial charge in [0.2, 0.25) is 5.91 Å². The molecule has 1 amide bonds. The van der Waals surface area contributed by atoms with E-state index in [0.717, 1.165) is 18.7 Å². The summed E-state index contributed by atoms with van der Waals surface area (Å²) in [5.41, 5.74) is 0. The first kappa shape index (κ1) is 14.8. The summed E-state index contributed by atoms with van der Waals surface area (Å²) in [4.78, 5) is 14.3. The lowest BCUT2D eigenvalue weighted by Gasteiger charge is -2.37. The zero-order valence-corrected chi connectivity index (χ0v) is 12.3. The molecule has 0 N–H and O–H groups in total. The predicted molar refractivity (Wildman–Crippen MR) is 78.8 cm³/mol. The molecule has 5 heteroatoms.